The molecule has 0 heterocycles. The summed E-state index contributed by atoms with van der Waals surface area (Å²) in [7, 11) is 0. The highest BCUT2D eigenvalue weighted by molar-refractivity contribution is 8.00. The highest BCUT2D eigenvalue weighted by atomic mass is 32.2. The number of aliphatic carboxylic acids is 2. The average molecular weight is 238 g/mol. The van der Waals surface area contributed by atoms with Gasteiger partial charge in [0.05, 0.1) is 5.92 Å². The third-order valence-electron chi connectivity index (χ3n) is 1.61. The molecule has 82 valence electrons. The predicted octanol–water partition coefficient (Wildman–Crippen LogP) is 1.22. The number of carbonyl (C=O) groups is 2. The molecule has 2 N–H and O–H groups in total. The second-order valence-corrected chi connectivity index (χ2v) is 4.36. The van der Waals surface area contributed by atoms with Crippen LogP contribution in [0.4, 0.5) is 0 Å². The summed E-state index contributed by atoms with van der Waals surface area (Å²) in [6.07, 6.45) is 0.114. The lowest BCUT2D eigenvalue weighted by Gasteiger charge is -2.09. The lowest BCUT2D eigenvalue weighted by molar-refractivity contribution is -0.142. The Balaban J connectivity index is 3.78. The summed E-state index contributed by atoms with van der Waals surface area (Å²) in [6, 6.07) is 0. The highest BCUT2D eigenvalue weighted by Crippen LogP contribution is 2.14. The number of hydrogen-bond donors (Lipinski definition) is 3. The maximum absolute atomic E-state index is 10.7. The molecule has 0 bridgehead atoms. The van der Waals surface area contributed by atoms with E-state index in [-0.39, 0.29) is 12.8 Å². The lowest BCUT2D eigenvalue weighted by atomic mass is 10.1. The predicted molar refractivity (Wildman–Crippen MR) is 59.2 cm³/mol. The molecule has 0 rings (SSSR count). The minimum Gasteiger partial charge on any atom is -0.481 e. The quantitative estimate of drug-likeness (QED) is 0.438. The molecule has 0 aromatic rings. The monoisotopic (exact) mass is 238 g/mol. The van der Waals surface area contributed by atoms with Gasteiger partial charge in [-0.3, -0.25) is 9.59 Å². The fourth-order valence-corrected chi connectivity index (χ4v) is 2.14. The van der Waals surface area contributed by atoms with Gasteiger partial charge in [0.25, 0.3) is 0 Å². The van der Waals surface area contributed by atoms with Gasteiger partial charge in [-0.1, -0.05) is 0 Å². The van der Waals surface area contributed by atoms with Gasteiger partial charge >= 0.3 is 11.9 Å². The van der Waals surface area contributed by atoms with Gasteiger partial charge in [-0.2, -0.15) is 24.4 Å². The van der Waals surface area contributed by atoms with E-state index in [1.807, 2.05) is 0 Å². The first kappa shape index (κ1) is 13.6. The Labute approximate surface area is 92.5 Å². The molecule has 0 radical (unpaired) electrons. The SMILES string of the molecule is O=C(O)CCC(CSCCS)C(=O)O. The van der Waals surface area contributed by atoms with Crippen LogP contribution in [0.5, 0.6) is 0 Å². The fourth-order valence-electron chi connectivity index (χ4n) is 0.866. The van der Waals surface area contributed by atoms with Crippen LogP contribution in [0.25, 0.3) is 0 Å². The molecule has 4 nitrogen and oxygen atoms in total. The zero-order chi connectivity index (χ0) is 11.0. The van der Waals surface area contributed by atoms with Crippen LogP contribution in [0.15, 0.2) is 0 Å². The number of hydrogen-bond acceptors (Lipinski definition) is 4. The van der Waals surface area contributed by atoms with Gasteiger partial charge in [0.2, 0.25) is 0 Å². The fraction of sp³-hybridized carbons (Fsp3) is 0.750. The molecule has 0 aliphatic rings. The van der Waals surface area contributed by atoms with Gasteiger partial charge in [0.15, 0.2) is 0 Å². The Kier molecular flexibility index (Phi) is 7.78. The van der Waals surface area contributed by atoms with Gasteiger partial charge in [-0.05, 0) is 12.2 Å². The molecule has 0 aromatic carbocycles. The van der Waals surface area contributed by atoms with E-state index in [0.29, 0.717) is 11.5 Å². The highest BCUT2D eigenvalue weighted by Gasteiger charge is 2.18. The number of rotatable bonds is 8. The molecule has 0 saturated heterocycles. The minimum atomic E-state index is -0.949. The third-order valence-corrected chi connectivity index (χ3v) is 3.27. The molecular weight excluding hydrogens is 224 g/mol. The van der Waals surface area contributed by atoms with Gasteiger partial charge in [0.1, 0.15) is 0 Å². The van der Waals surface area contributed by atoms with Crippen LogP contribution in [-0.2, 0) is 9.59 Å². The van der Waals surface area contributed by atoms with Gasteiger partial charge in [0, 0.05) is 17.9 Å². The average Bonchev–Trinajstić information content (AvgIpc) is 2.10. The van der Waals surface area contributed by atoms with Crippen LogP contribution in [-0.4, -0.2) is 39.4 Å². The zero-order valence-electron chi connectivity index (χ0n) is 7.68. The van der Waals surface area contributed by atoms with Crippen LogP contribution < -0.4 is 0 Å². The van der Waals surface area contributed by atoms with Gasteiger partial charge in [-0.25, -0.2) is 0 Å². The Morgan fingerprint density at radius 2 is 2.00 bits per heavy atom. The number of thiol groups is 1. The maximum Gasteiger partial charge on any atom is 0.307 e. The zero-order valence-corrected chi connectivity index (χ0v) is 9.39. The summed E-state index contributed by atoms with van der Waals surface area (Å²) >= 11 is 5.49. The molecule has 6 heteroatoms. The van der Waals surface area contributed by atoms with Crippen molar-refractivity contribution in [3.63, 3.8) is 0 Å². The normalized spacial score (nSPS) is 12.4. The van der Waals surface area contributed by atoms with E-state index in [1.165, 1.54) is 11.8 Å². The topological polar surface area (TPSA) is 74.6 Å². The maximum atomic E-state index is 10.7. The van der Waals surface area contributed by atoms with E-state index in [0.717, 1.165) is 5.75 Å². The summed E-state index contributed by atoms with van der Waals surface area (Å²) in [5, 5.41) is 17.2. The summed E-state index contributed by atoms with van der Waals surface area (Å²) in [4.78, 5) is 20.9. The molecule has 0 amide bonds. The second-order valence-electron chi connectivity index (χ2n) is 2.77. The van der Waals surface area contributed by atoms with E-state index in [2.05, 4.69) is 12.6 Å². The first-order valence-corrected chi connectivity index (χ1v) is 5.99. The van der Waals surface area contributed by atoms with Crippen molar-refractivity contribution in [2.75, 3.05) is 17.3 Å². The first-order chi connectivity index (χ1) is 6.57. The van der Waals surface area contributed by atoms with Crippen molar-refractivity contribution in [1.82, 2.24) is 0 Å². The first-order valence-electron chi connectivity index (χ1n) is 4.21. The second kappa shape index (κ2) is 7.99. The Bertz CT molecular complexity index is 196. The van der Waals surface area contributed by atoms with Crippen LogP contribution >= 0.6 is 24.4 Å². The van der Waals surface area contributed by atoms with Crippen molar-refractivity contribution in [3.05, 3.63) is 0 Å². The van der Waals surface area contributed by atoms with Crippen LogP contribution in [0.2, 0.25) is 0 Å². The van der Waals surface area contributed by atoms with Crippen molar-refractivity contribution < 1.29 is 19.8 Å². The smallest absolute Gasteiger partial charge is 0.307 e. The number of thioether (sulfide) groups is 1. The van der Waals surface area contributed by atoms with Crippen LogP contribution in [0.3, 0.4) is 0 Å². The molecule has 0 saturated carbocycles. The van der Waals surface area contributed by atoms with Gasteiger partial charge in [-0.15, -0.1) is 0 Å². The number of carboxylic acid groups (broad SMARTS) is 2. The molecule has 0 fully saturated rings. The van der Waals surface area contributed by atoms with Crippen LogP contribution in [0.1, 0.15) is 12.8 Å². The third kappa shape index (κ3) is 7.08. The number of carboxylic acids is 2. The van der Waals surface area contributed by atoms with E-state index in [9.17, 15) is 9.59 Å². The van der Waals surface area contributed by atoms with E-state index in [1.54, 1.807) is 0 Å². The molecule has 1 unspecified atom stereocenters. The van der Waals surface area contributed by atoms with Gasteiger partial charge < -0.3 is 10.2 Å². The summed E-state index contributed by atoms with van der Waals surface area (Å²) in [5.74, 6) is -0.469. The standard InChI is InChI=1S/C8H14O4S2/c9-7(10)2-1-6(8(11)12)5-14-4-3-13/h6,13H,1-5H2,(H,9,10)(H,11,12). The summed E-state index contributed by atoms with van der Waals surface area (Å²) < 4.78 is 0. The Hall–Kier alpha value is -0.360. The largest absolute Gasteiger partial charge is 0.481 e. The van der Waals surface area contributed by atoms with Crippen molar-refractivity contribution in [2.45, 2.75) is 12.8 Å². The van der Waals surface area contributed by atoms with E-state index >= 15 is 0 Å². The molecule has 14 heavy (non-hydrogen) atoms. The van der Waals surface area contributed by atoms with Crippen molar-refractivity contribution in [3.8, 4) is 0 Å². The molecule has 0 aromatic heterocycles. The molecular formula is C8H14O4S2. The van der Waals surface area contributed by atoms with Crippen molar-refractivity contribution in [1.29, 1.82) is 0 Å². The summed E-state index contributed by atoms with van der Waals surface area (Å²) in [5.41, 5.74) is 0. The van der Waals surface area contributed by atoms with Crippen molar-refractivity contribution >= 4 is 36.3 Å². The minimum absolute atomic E-state index is 0.0849. The molecule has 0 aliphatic heterocycles. The molecule has 0 aliphatic carbocycles. The Morgan fingerprint density at radius 3 is 2.43 bits per heavy atom. The van der Waals surface area contributed by atoms with Crippen molar-refractivity contribution in [2.24, 2.45) is 5.92 Å². The molecule has 0 spiro atoms. The van der Waals surface area contributed by atoms with E-state index < -0.39 is 17.9 Å². The van der Waals surface area contributed by atoms with Crippen LogP contribution in [0, 0.1) is 5.92 Å². The molecule has 1 atom stereocenters. The van der Waals surface area contributed by atoms with E-state index in [4.69, 9.17) is 10.2 Å². The Morgan fingerprint density at radius 1 is 1.36 bits per heavy atom. The lowest BCUT2D eigenvalue weighted by Crippen LogP contribution is -2.18. The summed E-state index contributed by atoms with van der Waals surface area (Å²) in [6.45, 7) is 0.